The molecule has 21 nitrogen and oxygen atoms in total. The Morgan fingerprint density at radius 1 is 0.357 bits per heavy atom. The van der Waals surface area contributed by atoms with Crippen molar-refractivity contribution in [1.29, 1.82) is 0 Å². The van der Waals surface area contributed by atoms with E-state index in [1.807, 2.05) is 273 Å². The van der Waals surface area contributed by atoms with E-state index >= 15 is 0 Å². The summed E-state index contributed by atoms with van der Waals surface area (Å²) in [5.74, 6) is -0.759. The van der Waals surface area contributed by atoms with Crippen LogP contribution in [0, 0.1) is 0 Å². The molecule has 112 heavy (non-hydrogen) atoms. The van der Waals surface area contributed by atoms with E-state index in [9.17, 15) is 14.7 Å². The minimum Gasteiger partial charge on any atom is -0.456 e. The molecule has 15 atom stereocenters. The molecule has 9 aromatic carbocycles. The Bertz CT molecular complexity index is 4010. The average molecular weight is 1550 g/mol. The lowest BCUT2D eigenvalue weighted by atomic mass is 10.1. The van der Waals surface area contributed by atoms with Gasteiger partial charge in [-0.1, -0.05) is 273 Å². The van der Waals surface area contributed by atoms with Crippen LogP contribution in [0.1, 0.15) is 69.8 Å². The topological polar surface area (TPSA) is 221 Å². The normalized spacial score (nSPS) is 20.1. The molecule has 0 bridgehead atoms. The first kappa shape index (κ1) is 84.7. The van der Waals surface area contributed by atoms with Crippen molar-refractivity contribution in [2.45, 2.75) is 165 Å². The third-order valence-corrected chi connectivity index (χ3v) is 20.0. The van der Waals surface area contributed by atoms with E-state index in [2.05, 4.69) is 0 Å². The van der Waals surface area contributed by atoms with Gasteiger partial charge >= 0.3 is 14.6 Å². The minimum absolute atomic E-state index is 0.000986. The van der Waals surface area contributed by atoms with Crippen molar-refractivity contribution in [1.82, 2.24) is 0 Å². The number of aliphatic hydroxyl groups is 1. The number of ketones is 1. The van der Waals surface area contributed by atoms with E-state index in [1.165, 1.54) is 14.0 Å². The summed E-state index contributed by atoms with van der Waals surface area (Å²) < 4.78 is 122. The van der Waals surface area contributed by atoms with Crippen molar-refractivity contribution in [2.75, 3.05) is 53.9 Å². The molecule has 1 N–H and O–H groups in total. The molecule has 0 spiro atoms. The van der Waals surface area contributed by atoms with Gasteiger partial charge in [-0.15, -0.1) is 0 Å². The maximum Gasteiger partial charge on any atom is 0.333 e. The Morgan fingerprint density at radius 3 is 1.01 bits per heavy atom. The van der Waals surface area contributed by atoms with Crippen LogP contribution in [-0.2, 0) is 154 Å². The first-order valence-corrected chi connectivity index (χ1v) is 39.1. The van der Waals surface area contributed by atoms with Crippen molar-refractivity contribution in [3.05, 3.63) is 323 Å². The smallest absolute Gasteiger partial charge is 0.333 e. The molecule has 0 aromatic heterocycles. The lowest BCUT2D eigenvalue weighted by Gasteiger charge is -2.35. The molecule has 0 aliphatic carbocycles. The fourth-order valence-corrected chi connectivity index (χ4v) is 14.0. The van der Waals surface area contributed by atoms with Crippen molar-refractivity contribution >= 4 is 20.4 Å². The third-order valence-electron chi connectivity index (χ3n) is 18.8. The molecule has 15 unspecified atom stereocenters. The number of rotatable bonds is 51. The van der Waals surface area contributed by atoms with Crippen LogP contribution in [0.25, 0.3) is 0 Å². The number of ether oxygens (including phenoxy) is 15. The van der Waals surface area contributed by atoms with Gasteiger partial charge in [-0.05, 0) is 57.0 Å². The van der Waals surface area contributed by atoms with Crippen molar-refractivity contribution < 1.29 is 99.3 Å². The second-order valence-electron chi connectivity index (χ2n) is 27.2. The Hall–Kier alpha value is -8.17. The van der Waals surface area contributed by atoms with Crippen molar-refractivity contribution in [3.63, 3.8) is 0 Å². The average Bonchev–Trinajstić information content (AvgIpc) is 1.66. The lowest BCUT2D eigenvalue weighted by Crippen LogP contribution is -2.48. The number of hydrogen-bond donors (Lipinski definition) is 1. The van der Waals surface area contributed by atoms with Gasteiger partial charge in [-0.3, -0.25) is 4.79 Å². The van der Waals surface area contributed by atoms with Gasteiger partial charge in [-0.2, -0.15) is 0 Å². The summed E-state index contributed by atoms with van der Waals surface area (Å²) in [6, 6.07) is 87.7. The number of carbonyl (C=O) groups is 2. The second kappa shape index (κ2) is 47.5. The van der Waals surface area contributed by atoms with Crippen LogP contribution < -0.4 is 0 Å². The Kier molecular flexibility index (Phi) is 35.9. The maximum absolute atomic E-state index is 13.6. The number of esters is 1. The van der Waals surface area contributed by atoms with E-state index in [0.717, 1.165) is 50.1 Å². The van der Waals surface area contributed by atoms with Crippen LogP contribution in [0.2, 0.25) is 0 Å². The van der Waals surface area contributed by atoms with Gasteiger partial charge in [0.05, 0.1) is 106 Å². The summed E-state index contributed by atoms with van der Waals surface area (Å²) in [6.45, 7) is 1.86. The monoisotopic (exact) mass is 1550 g/mol. The molecule has 2 heterocycles. The van der Waals surface area contributed by atoms with Gasteiger partial charge < -0.3 is 94.5 Å². The molecule has 594 valence electrons. The molecular formula is C90H103O21P. The molecule has 2 aliphatic rings. The van der Waals surface area contributed by atoms with E-state index in [-0.39, 0.29) is 111 Å². The quantitative estimate of drug-likeness (QED) is 0.0277. The number of benzene rings is 9. The lowest BCUT2D eigenvalue weighted by molar-refractivity contribution is -0.219. The molecule has 11 rings (SSSR count). The van der Waals surface area contributed by atoms with Crippen LogP contribution in [0.15, 0.2) is 273 Å². The minimum atomic E-state index is -2.44. The predicted octanol–water partition coefficient (Wildman–Crippen LogP) is 14.6. The van der Waals surface area contributed by atoms with Gasteiger partial charge in [0.15, 0.2) is 18.7 Å². The summed E-state index contributed by atoms with van der Waals surface area (Å²) in [7, 11) is 0.611. The van der Waals surface area contributed by atoms with E-state index in [0.29, 0.717) is 0 Å². The van der Waals surface area contributed by atoms with E-state index in [1.54, 1.807) is 7.11 Å². The first-order valence-electron chi connectivity index (χ1n) is 38.0. The van der Waals surface area contributed by atoms with Gasteiger partial charge in [0, 0.05) is 20.6 Å². The molecule has 2 fully saturated rings. The maximum atomic E-state index is 13.6. The highest BCUT2D eigenvalue weighted by Gasteiger charge is 2.51. The summed E-state index contributed by atoms with van der Waals surface area (Å²) in [5.41, 5.74) is 8.01. The van der Waals surface area contributed by atoms with Crippen LogP contribution in [0.4, 0.5) is 0 Å². The van der Waals surface area contributed by atoms with Gasteiger partial charge in [0.25, 0.3) is 0 Å². The number of carbonyl (C=O) groups excluding carboxylic acids is 2. The van der Waals surface area contributed by atoms with Crippen LogP contribution >= 0.6 is 8.60 Å². The molecule has 9 aromatic rings. The Balaban J connectivity index is 0.915. The van der Waals surface area contributed by atoms with Crippen molar-refractivity contribution in [3.8, 4) is 0 Å². The summed E-state index contributed by atoms with van der Waals surface area (Å²) in [6.07, 6.45) is -13.7. The Morgan fingerprint density at radius 2 is 0.661 bits per heavy atom. The Labute approximate surface area is 658 Å². The molecule has 22 heteroatoms. The SMILES string of the molecule is COC1C(OCC(OCc2ccccc2)C(OCc2ccccc2)C(COP(OCc2ccccc2)OC2C(COCc3ccccc3)OC(OCC(OCc3ccccc3)C(OCc3ccccc3)C(CO)OCc3ccccc3)C2OC)OCc2ccccc2)OC(COCc2ccccc2)C1OC(=O)CCC(C)=O. The summed E-state index contributed by atoms with van der Waals surface area (Å²) >= 11 is 0. The van der Waals surface area contributed by atoms with Gasteiger partial charge in [-0.25, -0.2) is 0 Å². The van der Waals surface area contributed by atoms with Crippen LogP contribution in [0.5, 0.6) is 0 Å². The third kappa shape index (κ3) is 27.8. The zero-order chi connectivity index (χ0) is 77.6. The van der Waals surface area contributed by atoms with Crippen molar-refractivity contribution in [2.24, 2.45) is 0 Å². The number of methoxy groups -OCH3 is 2. The zero-order valence-corrected chi connectivity index (χ0v) is 64.5. The van der Waals surface area contributed by atoms with Gasteiger partial charge in [0.1, 0.15) is 72.9 Å². The van der Waals surface area contributed by atoms with E-state index < -0.39 is 107 Å². The molecule has 0 radical (unpaired) electrons. The highest BCUT2D eigenvalue weighted by Crippen LogP contribution is 2.47. The van der Waals surface area contributed by atoms with Crippen LogP contribution in [0.3, 0.4) is 0 Å². The fraction of sp³-hybridized carbons (Fsp3) is 0.378. The molecular weight excluding hydrogens is 1450 g/mol. The molecule has 0 amide bonds. The summed E-state index contributed by atoms with van der Waals surface area (Å²) in [4.78, 5) is 25.7. The second-order valence-corrected chi connectivity index (χ2v) is 28.4. The highest BCUT2D eigenvalue weighted by molar-refractivity contribution is 7.41. The summed E-state index contributed by atoms with van der Waals surface area (Å²) in [5, 5.41) is 11.3. The standard InChI is InChI=1S/C90H103O21P/c1-66(92)49-50-82(93)110-85-80(61-96-52-67-31-13-4-14-32-67)108-89(87(85)94-2)104-64-78(100-56-71-39-21-8-22-40-71)84(103-59-74-45-27-11-28-46-74)79(101-57-72-41-23-9-24-42-72)65-107-112(106-60-75-47-29-12-30-48-75)111-86-81(62-97-53-68-33-15-5-16-34-68)109-90(88(86)95-3)105-63-77(99-55-70-37-19-7-20-38-70)83(102-58-73-43-25-10-26-44-73)76(51-91)98-54-69-35-17-6-18-36-69/h4-48,76-81,83-91H,49-65H2,1-3H3. The molecule has 2 aliphatic heterocycles. The molecule has 2 saturated heterocycles. The number of aliphatic hydroxyl groups excluding tert-OH is 1. The number of Topliss-reactive ketones (excluding diaryl/α,β-unsaturated/α-hetero) is 1. The fourth-order valence-electron chi connectivity index (χ4n) is 12.8. The highest BCUT2D eigenvalue weighted by atomic mass is 31.2. The number of hydrogen-bond acceptors (Lipinski definition) is 21. The van der Waals surface area contributed by atoms with Crippen LogP contribution in [-0.4, -0.2) is 157 Å². The molecule has 0 saturated carbocycles. The largest absolute Gasteiger partial charge is 0.456 e. The first-order chi connectivity index (χ1) is 55.1. The predicted molar refractivity (Wildman–Crippen MR) is 419 cm³/mol. The van der Waals surface area contributed by atoms with Gasteiger partial charge in [0.2, 0.25) is 0 Å². The zero-order valence-electron chi connectivity index (χ0n) is 63.6. The van der Waals surface area contributed by atoms with E-state index in [4.69, 9.17) is 84.6 Å².